The minimum atomic E-state index is -0.383. The Kier molecular flexibility index (Phi) is 5.16. The summed E-state index contributed by atoms with van der Waals surface area (Å²) in [5.74, 6) is 1.20. The standard InChI is InChI=1S/C19H22N4O3/c1-12(2)16-11-26-19(25)23(16)17-8-9-20-18(22-17)21-13(3)15-6-4-14(10-24)5-7-15/h4-10,12-13,16H,11H2,1-3H3,(H,20,21,22)/t13-,16?/m0/s1. The number of aldehydes is 1. The van der Waals surface area contributed by atoms with Crippen molar-refractivity contribution in [1.82, 2.24) is 9.97 Å². The molecule has 1 amide bonds. The lowest BCUT2D eigenvalue weighted by Crippen LogP contribution is -2.37. The van der Waals surface area contributed by atoms with E-state index in [1.807, 2.05) is 32.9 Å². The summed E-state index contributed by atoms with van der Waals surface area (Å²) < 4.78 is 5.18. The van der Waals surface area contributed by atoms with E-state index >= 15 is 0 Å². The Labute approximate surface area is 152 Å². The van der Waals surface area contributed by atoms with E-state index in [2.05, 4.69) is 15.3 Å². The maximum Gasteiger partial charge on any atom is 0.415 e. The summed E-state index contributed by atoms with van der Waals surface area (Å²) in [6.07, 6.45) is 2.05. The molecule has 1 N–H and O–H groups in total. The van der Waals surface area contributed by atoms with E-state index in [1.165, 1.54) is 0 Å². The highest BCUT2D eigenvalue weighted by atomic mass is 16.6. The Morgan fingerprint density at radius 3 is 2.62 bits per heavy atom. The van der Waals surface area contributed by atoms with Gasteiger partial charge in [-0.2, -0.15) is 4.98 Å². The number of rotatable bonds is 6. The van der Waals surface area contributed by atoms with Gasteiger partial charge in [0.2, 0.25) is 5.95 Å². The predicted molar refractivity (Wildman–Crippen MR) is 98.4 cm³/mol. The van der Waals surface area contributed by atoms with Crippen molar-refractivity contribution in [2.24, 2.45) is 5.92 Å². The lowest BCUT2D eigenvalue weighted by molar-refractivity contribution is 0.112. The molecular weight excluding hydrogens is 332 g/mol. The highest BCUT2D eigenvalue weighted by Crippen LogP contribution is 2.26. The van der Waals surface area contributed by atoms with Crippen molar-refractivity contribution < 1.29 is 14.3 Å². The van der Waals surface area contributed by atoms with E-state index in [0.29, 0.717) is 23.9 Å². The molecule has 1 fully saturated rings. The summed E-state index contributed by atoms with van der Waals surface area (Å²) in [5, 5.41) is 3.23. The Morgan fingerprint density at radius 1 is 1.23 bits per heavy atom. The van der Waals surface area contributed by atoms with Crippen LogP contribution < -0.4 is 10.2 Å². The normalized spacial score (nSPS) is 17.9. The molecule has 3 rings (SSSR count). The lowest BCUT2D eigenvalue weighted by Gasteiger charge is -2.23. The molecular formula is C19H22N4O3. The Morgan fingerprint density at radius 2 is 1.96 bits per heavy atom. The molecule has 1 aromatic carbocycles. The molecule has 1 aliphatic heterocycles. The van der Waals surface area contributed by atoms with E-state index in [-0.39, 0.29) is 24.1 Å². The van der Waals surface area contributed by atoms with Crippen molar-refractivity contribution >= 4 is 24.1 Å². The van der Waals surface area contributed by atoms with Gasteiger partial charge in [-0.15, -0.1) is 0 Å². The Bertz CT molecular complexity index is 792. The van der Waals surface area contributed by atoms with Crippen LogP contribution in [-0.2, 0) is 4.74 Å². The molecule has 7 nitrogen and oxygen atoms in total. The van der Waals surface area contributed by atoms with Gasteiger partial charge in [-0.25, -0.2) is 9.78 Å². The molecule has 1 aromatic heterocycles. The zero-order valence-electron chi connectivity index (χ0n) is 15.0. The van der Waals surface area contributed by atoms with Gasteiger partial charge in [-0.3, -0.25) is 9.69 Å². The van der Waals surface area contributed by atoms with E-state index in [4.69, 9.17) is 4.74 Å². The molecule has 2 heterocycles. The first kappa shape index (κ1) is 17.8. The van der Waals surface area contributed by atoms with Gasteiger partial charge in [0.25, 0.3) is 0 Å². The van der Waals surface area contributed by atoms with Gasteiger partial charge in [-0.05, 0) is 24.5 Å². The second-order valence-corrected chi connectivity index (χ2v) is 6.65. The molecule has 7 heteroatoms. The van der Waals surface area contributed by atoms with Crippen molar-refractivity contribution in [3.63, 3.8) is 0 Å². The molecule has 1 unspecified atom stereocenters. The fourth-order valence-corrected chi connectivity index (χ4v) is 2.88. The fraction of sp³-hybridized carbons (Fsp3) is 0.368. The zero-order valence-corrected chi connectivity index (χ0v) is 15.0. The molecule has 0 saturated carbocycles. The highest BCUT2D eigenvalue weighted by molar-refractivity contribution is 5.89. The van der Waals surface area contributed by atoms with Crippen LogP contribution in [0.2, 0.25) is 0 Å². The third kappa shape index (κ3) is 3.66. The molecule has 136 valence electrons. The van der Waals surface area contributed by atoms with Gasteiger partial charge in [0.15, 0.2) is 0 Å². The van der Waals surface area contributed by atoms with Gasteiger partial charge in [0, 0.05) is 11.8 Å². The van der Waals surface area contributed by atoms with Crippen LogP contribution in [0.5, 0.6) is 0 Å². The minimum absolute atomic E-state index is 0.0430. The third-order valence-electron chi connectivity index (χ3n) is 4.48. The first-order chi connectivity index (χ1) is 12.5. The van der Waals surface area contributed by atoms with Crippen molar-refractivity contribution in [3.8, 4) is 0 Å². The number of ether oxygens (including phenoxy) is 1. The summed E-state index contributed by atoms with van der Waals surface area (Å²) >= 11 is 0. The first-order valence-corrected chi connectivity index (χ1v) is 8.60. The average molecular weight is 354 g/mol. The van der Waals surface area contributed by atoms with Gasteiger partial charge in [0.05, 0.1) is 12.1 Å². The number of carbonyl (C=O) groups excluding carboxylic acids is 2. The van der Waals surface area contributed by atoms with Crippen LogP contribution >= 0.6 is 0 Å². The van der Waals surface area contributed by atoms with Crippen LogP contribution in [0.15, 0.2) is 36.5 Å². The molecule has 1 aliphatic rings. The number of benzene rings is 1. The first-order valence-electron chi connectivity index (χ1n) is 8.60. The molecule has 0 spiro atoms. The summed E-state index contributed by atoms with van der Waals surface area (Å²) in [5.41, 5.74) is 1.64. The number of hydrogen-bond donors (Lipinski definition) is 1. The second-order valence-electron chi connectivity index (χ2n) is 6.65. The van der Waals surface area contributed by atoms with E-state index in [9.17, 15) is 9.59 Å². The molecule has 0 aliphatic carbocycles. The van der Waals surface area contributed by atoms with E-state index in [1.54, 1.807) is 29.3 Å². The smallest absolute Gasteiger partial charge is 0.415 e. The number of aromatic nitrogens is 2. The van der Waals surface area contributed by atoms with E-state index in [0.717, 1.165) is 11.8 Å². The average Bonchev–Trinajstić information content (AvgIpc) is 3.04. The lowest BCUT2D eigenvalue weighted by atomic mass is 10.0. The van der Waals surface area contributed by atoms with Gasteiger partial charge < -0.3 is 10.1 Å². The van der Waals surface area contributed by atoms with Gasteiger partial charge >= 0.3 is 6.09 Å². The maximum atomic E-state index is 12.1. The number of nitrogens with zero attached hydrogens (tertiary/aromatic N) is 3. The number of amides is 1. The minimum Gasteiger partial charge on any atom is -0.447 e. The Balaban J connectivity index is 1.78. The maximum absolute atomic E-state index is 12.1. The van der Waals surface area contributed by atoms with Crippen molar-refractivity contribution in [2.45, 2.75) is 32.9 Å². The fourth-order valence-electron chi connectivity index (χ4n) is 2.88. The van der Waals surface area contributed by atoms with Crippen LogP contribution in [0.3, 0.4) is 0 Å². The quantitative estimate of drug-likeness (QED) is 0.800. The summed E-state index contributed by atoms with van der Waals surface area (Å²) in [6.45, 7) is 6.44. The van der Waals surface area contributed by atoms with Crippen molar-refractivity contribution in [1.29, 1.82) is 0 Å². The molecule has 2 aromatic rings. The summed E-state index contributed by atoms with van der Waals surface area (Å²) in [4.78, 5) is 33.2. The van der Waals surface area contributed by atoms with Crippen molar-refractivity contribution in [2.75, 3.05) is 16.8 Å². The number of nitrogens with one attached hydrogen (secondary N) is 1. The highest BCUT2D eigenvalue weighted by Gasteiger charge is 2.37. The predicted octanol–water partition coefficient (Wildman–Crippen LogP) is 3.44. The van der Waals surface area contributed by atoms with Gasteiger partial charge in [-0.1, -0.05) is 38.1 Å². The molecule has 1 saturated heterocycles. The van der Waals surface area contributed by atoms with Gasteiger partial charge in [0.1, 0.15) is 18.7 Å². The van der Waals surface area contributed by atoms with Crippen LogP contribution in [0, 0.1) is 5.92 Å². The van der Waals surface area contributed by atoms with E-state index < -0.39 is 0 Å². The topological polar surface area (TPSA) is 84.4 Å². The number of anilines is 2. The molecule has 0 bridgehead atoms. The largest absolute Gasteiger partial charge is 0.447 e. The second kappa shape index (κ2) is 7.51. The number of carbonyl (C=O) groups is 2. The number of hydrogen-bond acceptors (Lipinski definition) is 6. The van der Waals surface area contributed by atoms with Crippen molar-refractivity contribution in [3.05, 3.63) is 47.7 Å². The van der Waals surface area contributed by atoms with Crippen LogP contribution in [-0.4, -0.2) is 35.0 Å². The third-order valence-corrected chi connectivity index (χ3v) is 4.48. The summed E-state index contributed by atoms with van der Waals surface area (Å²) in [7, 11) is 0. The van der Waals surface area contributed by atoms with Crippen LogP contribution in [0.4, 0.5) is 16.6 Å². The SMILES string of the molecule is CC(C)C1COC(=O)N1c1ccnc(N[C@@H](C)c2ccc(C=O)cc2)n1. The monoisotopic (exact) mass is 354 g/mol. The molecule has 26 heavy (non-hydrogen) atoms. The molecule has 0 radical (unpaired) electrons. The van der Waals surface area contributed by atoms with Crippen LogP contribution in [0.1, 0.15) is 42.7 Å². The molecule has 2 atom stereocenters. The summed E-state index contributed by atoms with van der Waals surface area (Å²) in [6, 6.07) is 8.92. The zero-order chi connectivity index (χ0) is 18.7. The Hall–Kier alpha value is -2.96. The number of cyclic esters (lactones) is 1. The van der Waals surface area contributed by atoms with Crippen LogP contribution in [0.25, 0.3) is 0 Å².